The average molecular weight is 435 g/mol. The van der Waals surface area contributed by atoms with Crippen molar-refractivity contribution < 1.29 is 18.0 Å². The predicted octanol–water partition coefficient (Wildman–Crippen LogP) is 2.65. The topological polar surface area (TPSA) is 116 Å². The highest BCUT2D eigenvalue weighted by atomic mass is 32.2. The number of benzene rings is 1. The summed E-state index contributed by atoms with van der Waals surface area (Å²) in [5, 5.41) is 8.64. The summed E-state index contributed by atoms with van der Waals surface area (Å²) in [5.74, 6) is 1.74. The highest BCUT2D eigenvalue weighted by Gasteiger charge is 2.51. The van der Waals surface area contributed by atoms with E-state index in [2.05, 4.69) is 20.7 Å². The van der Waals surface area contributed by atoms with Gasteiger partial charge in [-0.05, 0) is 87.5 Å². The van der Waals surface area contributed by atoms with Gasteiger partial charge in [0.1, 0.15) is 6.04 Å². The second kappa shape index (κ2) is 7.76. The third kappa shape index (κ3) is 4.88. The average Bonchev–Trinajstić information content (AvgIpc) is 2.60. The zero-order valence-corrected chi connectivity index (χ0v) is 18.2. The van der Waals surface area contributed by atoms with Crippen LogP contribution in [0.1, 0.15) is 45.4 Å². The molecule has 9 heteroatoms. The number of hydrogen-bond acceptors (Lipinski definition) is 5. The highest BCUT2D eigenvalue weighted by molar-refractivity contribution is 7.92. The molecule has 0 spiro atoms. The first kappa shape index (κ1) is 21.0. The summed E-state index contributed by atoms with van der Waals surface area (Å²) in [7, 11) is -3.34. The number of imide groups is 1. The van der Waals surface area contributed by atoms with Crippen molar-refractivity contribution in [1.82, 2.24) is 10.6 Å². The molecule has 1 unspecified atom stereocenters. The molecule has 164 valence electrons. The second-order valence-electron chi connectivity index (χ2n) is 9.46. The zero-order valence-electron chi connectivity index (χ0n) is 17.4. The van der Waals surface area contributed by atoms with Gasteiger partial charge in [-0.25, -0.2) is 13.2 Å². The van der Waals surface area contributed by atoms with Gasteiger partial charge >= 0.3 is 6.03 Å². The molecule has 0 aliphatic heterocycles. The molecule has 4 bridgehead atoms. The Morgan fingerprint density at radius 2 is 1.47 bits per heavy atom. The lowest BCUT2D eigenvalue weighted by Gasteiger charge is -2.56. The Bertz CT molecular complexity index is 894. The van der Waals surface area contributed by atoms with Crippen LogP contribution in [-0.2, 0) is 14.8 Å². The number of carbonyl (C=O) groups is 2. The normalized spacial score (nSPS) is 30.4. The summed E-state index contributed by atoms with van der Waals surface area (Å²) in [6, 6.07) is 5.52. The van der Waals surface area contributed by atoms with Crippen molar-refractivity contribution in [1.29, 1.82) is 0 Å². The van der Waals surface area contributed by atoms with Crippen LogP contribution in [0.25, 0.3) is 0 Å². The lowest BCUT2D eigenvalue weighted by Crippen LogP contribution is -2.62. The molecule has 4 saturated carbocycles. The monoisotopic (exact) mass is 434 g/mol. The van der Waals surface area contributed by atoms with E-state index in [1.807, 2.05) is 0 Å². The van der Waals surface area contributed by atoms with Crippen molar-refractivity contribution in [3.8, 4) is 0 Å². The van der Waals surface area contributed by atoms with Crippen LogP contribution in [0.2, 0.25) is 0 Å². The summed E-state index contributed by atoms with van der Waals surface area (Å²) >= 11 is 0. The van der Waals surface area contributed by atoms with E-state index < -0.39 is 28.0 Å². The smallest absolute Gasteiger partial charge is 0.321 e. The third-order valence-corrected chi connectivity index (χ3v) is 7.22. The Balaban J connectivity index is 1.29. The number of nitrogens with one attached hydrogen (secondary N) is 4. The largest absolute Gasteiger partial charge is 0.374 e. The first-order valence-electron chi connectivity index (χ1n) is 10.6. The number of carbonyl (C=O) groups excluding carboxylic acids is 2. The van der Waals surface area contributed by atoms with Crippen LogP contribution in [-0.4, -0.2) is 38.2 Å². The number of urea groups is 1. The SMILES string of the molecule is CC(Nc1ccc(NS(C)(=O)=O)cc1)C(=O)NC(=O)NC12CC3CC(CC(C3)C1)C2. The van der Waals surface area contributed by atoms with Crippen LogP contribution in [0, 0.1) is 17.8 Å². The molecule has 0 saturated heterocycles. The lowest BCUT2D eigenvalue weighted by molar-refractivity contribution is -0.120. The molecule has 3 amide bonds. The maximum Gasteiger partial charge on any atom is 0.321 e. The van der Waals surface area contributed by atoms with E-state index in [0.29, 0.717) is 29.1 Å². The summed E-state index contributed by atoms with van der Waals surface area (Å²) in [4.78, 5) is 25.0. The minimum absolute atomic E-state index is 0.141. The van der Waals surface area contributed by atoms with E-state index in [9.17, 15) is 18.0 Å². The molecule has 4 N–H and O–H groups in total. The van der Waals surface area contributed by atoms with Crippen molar-refractivity contribution in [3.63, 3.8) is 0 Å². The summed E-state index contributed by atoms with van der Waals surface area (Å²) in [6.07, 6.45) is 8.05. The Labute approximate surface area is 177 Å². The van der Waals surface area contributed by atoms with E-state index in [1.54, 1.807) is 31.2 Å². The number of hydrogen-bond donors (Lipinski definition) is 4. The van der Waals surface area contributed by atoms with Crippen LogP contribution < -0.4 is 20.7 Å². The van der Waals surface area contributed by atoms with Gasteiger partial charge in [0.25, 0.3) is 0 Å². The molecule has 0 aromatic heterocycles. The fourth-order valence-electron chi connectivity index (χ4n) is 5.92. The molecule has 4 aliphatic carbocycles. The minimum Gasteiger partial charge on any atom is -0.374 e. The molecule has 4 fully saturated rings. The van der Waals surface area contributed by atoms with Gasteiger partial charge in [-0.1, -0.05) is 0 Å². The Morgan fingerprint density at radius 3 is 1.97 bits per heavy atom. The molecule has 0 heterocycles. The number of amides is 3. The molecule has 30 heavy (non-hydrogen) atoms. The summed E-state index contributed by atoms with van der Waals surface area (Å²) in [6.45, 7) is 1.68. The molecule has 8 nitrogen and oxygen atoms in total. The van der Waals surface area contributed by atoms with Gasteiger partial charge in [0.05, 0.1) is 6.26 Å². The summed E-state index contributed by atoms with van der Waals surface area (Å²) in [5.41, 5.74) is 0.950. The van der Waals surface area contributed by atoms with Crippen LogP contribution in [0.5, 0.6) is 0 Å². The molecule has 1 aromatic rings. The second-order valence-corrected chi connectivity index (χ2v) is 11.2. The Kier molecular flexibility index (Phi) is 5.42. The molecule has 1 atom stereocenters. The number of rotatable bonds is 6. The van der Waals surface area contributed by atoms with Crippen LogP contribution in [0.4, 0.5) is 16.2 Å². The van der Waals surface area contributed by atoms with Crippen molar-refractivity contribution in [2.75, 3.05) is 16.3 Å². The standard InChI is InChI=1S/C21H30N4O4S/c1-13(22-17-3-5-18(6-4-17)25-30(2,28)29)19(26)23-20(27)24-21-10-14-7-15(11-21)9-16(8-14)12-21/h3-6,13-16,22,25H,7-12H2,1-2H3,(H2,23,24,26,27). The molecule has 1 aromatic carbocycles. The van der Waals surface area contributed by atoms with Gasteiger partial charge in [0, 0.05) is 16.9 Å². The number of anilines is 2. The van der Waals surface area contributed by atoms with Gasteiger partial charge in [0.2, 0.25) is 15.9 Å². The molecular formula is C21H30N4O4S. The Hall–Kier alpha value is -2.29. The van der Waals surface area contributed by atoms with Crippen LogP contribution >= 0.6 is 0 Å². The van der Waals surface area contributed by atoms with Gasteiger partial charge < -0.3 is 10.6 Å². The van der Waals surface area contributed by atoms with E-state index >= 15 is 0 Å². The predicted molar refractivity (Wildman–Crippen MR) is 116 cm³/mol. The van der Waals surface area contributed by atoms with Crippen molar-refractivity contribution in [3.05, 3.63) is 24.3 Å². The fraction of sp³-hybridized carbons (Fsp3) is 0.619. The quantitative estimate of drug-likeness (QED) is 0.549. The van der Waals surface area contributed by atoms with Crippen molar-refractivity contribution in [2.45, 2.75) is 57.0 Å². The highest BCUT2D eigenvalue weighted by Crippen LogP contribution is 2.55. The van der Waals surface area contributed by atoms with Gasteiger partial charge in [-0.2, -0.15) is 0 Å². The fourth-order valence-corrected chi connectivity index (χ4v) is 6.48. The molecular weight excluding hydrogens is 404 g/mol. The van der Waals surface area contributed by atoms with E-state index in [-0.39, 0.29) is 5.54 Å². The first-order chi connectivity index (χ1) is 14.1. The van der Waals surface area contributed by atoms with E-state index in [0.717, 1.165) is 25.5 Å². The summed E-state index contributed by atoms with van der Waals surface area (Å²) < 4.78 is 24.9. The van der Waals surface area contributed by atoms with Gasteiger partial charge in [0.15, 0.2) is 0 Å². The maximum atomic E-state index is 12.5. The van der Waals surface area contributed by atoms with Crippen molar-refractivity contribution in [2.24, 2.45) is 17.8 Å². The minimum atomic E-state index is -3.34. The zero-order chi connectivity index (χ0) is 21.5. The molecule has 0 radical (unpaired) electrons. The molecule has 4 aliphatic rings. The third-order valence-electron chi connectivity index (χ3n) is 6.62. The van der Waals surface area contributed by atoms with Gasteiger partial charge in [-0.15, -0.1) is 0 Å². The maximum absolute atomic E-state index is 12.5. The molecule has 5 rings (SSSR count). The lowest BCUT2D eigenvalue weighted by atomic mass is 9.53. The number of sulfonamides is 1. The first-order valence-corrected chi connectivity index (χ1v) is 12.5. The van der Waals surface area contributed by atoms with Gasteiger partial charge in [-0.3, -0.25) is 14.8 Å². The van der Waals surface area contributed by atoms with Crippen LogP contribution in [0.15, 0.2) is 24.3 Å². The van der Waals surface area contributed by atoms with E-state index in [4.69, 9.17) is 0 Å². The van der Waals surface area contributed by atoms with Crippen LogP contribution in [0.3, 0.4) is 0 Å². The van der Waals surface area contributed by atoms with Crippen molar-refractivity contribution >= 4 is 33.3 Å². The Morgan fingerprint density at radius 1 is 0.967 bits per heavy atom. The van der Waals surface area contributed by atoms with E-state index in [1.165, 1.54) is 19.3 Å².